The molecule has 0 saturated heterocycles. The van der Waals surface area contributed by atoms with E-state index >= 15 is 0 Å². The SMILES string of the molecule is CCn1c(SC(C)C(=O)NCCc2ccccc2)nnc1-c1ccccc1OC. The van der Waals surface area contributed by atoms with Gasteiger partial charge >= 0.3 is 0 Å². The topological polar surface area (TPSA) is 69.0 Å². The molecule has 0 aliphatic rings. The highest BCUT2D eigenvalue weighted by molar-refractivity contribution is 8.00. The van der Waals surface area contributed by atoms with Crippen molar-refractivity contribution in [2.45, 2.75) is 37.2 Å². The van der Waals surface area contributed by atoms with Gasteiger partial charge in [0.25, 0.3) is 0 Å². The predicted molar refractivity (Wildman–Crippen MR) is 116 cm³/mol. The monoisotopic (exact) mass is 410 g/mol. The highest BCUT2D eigenvalue weighted by Gasteiger charge is 2.21. The first-order chi connectivity index (χ1) is 14.1. The van der Waals surface area contributed by atoms with Crippen molar-refractivity contribution >= 4 is 17.7 Å². The lowest BCUT2D eigenvalue weighted by atomic mass is 10.1. The molecular formula is C22H26N4O2S. The Labute approximate surface area is 175 Å². The van der Waals surface area contributed by atoms with Crippen molar-refractivity contribution in [1.29, 1.82) is 0 Å². The summed E-state index contributed by atoms with van der Waals surface area (Å²) >= 11 is 1.41. The van der Waals surface area contributed by atoms with Crippen molar-refractivity contribution in [2.75, 3.05) is 13.7 Å². The molecule has 7 heteroatoms. The number of aromatic nitrogens is 3. The van der Waals surface area contributed by atoms with E-state index in [2.05, 4.69) is 27.6 Å². The van der Waals surface area contributed by atoms with E-state index in [1.807, 2.05) is 60.9 Å². The molecule has 0 bridgehead atoms. The zero-order chi connectivity index (χ0) is 20.6. The highest BCUT2D eigenvalue weighted by atomic mass is 32.2. The van der Waals surface area contributed by atoms with Crippen LogP contribution in [-0.2, 0) is 17.8 Å². The molecule has 152 valence electrons. The number of hydrogen-bond acceptors (Lipinski definition) is 5. The van der Waals surface area contributed by atoms with Gasteiger partial charge in [0.05, 0.1) is 17.9 Å². The summed E-state index contributed by atoms with van der Waals surface area (Å²) in [6.07, 6.45) is 0.813. The second kappa shape index (κ2) is 10.1. The fourth-order valence-electron chi connectivity index (χ4n) is 3.02. The highest BCUT2D eigenvalue weighted by Crippen LogP contribution is 2.31. The van der Waals surface area contributed by atoms with Crippen LogP contribution in [0.3, 0.4) is 0 Å². The minimum absolute atomic E-state index is 0.00424. The quantitative estimate of drug-likeness (QED) is 0.543. The molecule has 1 heterocycles. The van der Waals surface area contributed by atoms with E-state index in [1.165, 1.54) is 17.3 Å². The first-order valence-electron chi connectivity index (χ1n) is 9.69. The summed E-state index contributed by atoms with van der Waals surface area (Å²) in [5.41, 5.74) is 2.09. The van der Waals surface area contributed by atoms with Gasteiger partial charge in [-0.3, -0.25) is 4.79 Å². The van der Waals surface area contributed by atoms with E-state index in [9.17, 15) is 4.79 Å². The third kappa shape index (κ3) is 5.17. The van der Waals surface area contributed by atoms with Crippen molar-refractivity contribution in [1.82, 2.24) is 20.1 Å². The summed E-state index contributed by atoms with van der Waals surface area (Å²) < 4.78 is 7.47. The minimum atomic E-state index is -0.272. The summed E-state index contributed by atoms with van der Waals surface area (Å²) in [4.78, 5) is 12.5. The number of rotatable bonds is 9. The van der Waals surface area contributed by atoms with Crippen molar-refractivity contribution < 1.29 is 9.53 Å². The number of nitrogens with zero attached hydrogens (tertiary/aromatic N) is 3. The maximum Gasteiger partial charge on any atom is 0.233 e. The van der Waals surface area contributed by atoms with E-state index in [0.29, 0.717) is 13.1 Å². The number of para-hydroxylation sites is 1. The van der Waals surface area contributed by atoms with Crippen LogP contribution in [0.2, 0.25) is 0 Å². The summed E-state index contributed by atoms with van der Waals surface area (Å²) in [7, 11) is 1.64. The molecule has 0 aliphatic carbocycles. The van der Waals surface area contributed by atoms with Gasteiger partial charge in [-0.25, -0.2) is 0 Å². The molecule has 0 fully saturated rings. The van der Waals surface area contributed by atoms with Crippen molar-refractivity contribution in [3.63, 3.8) is 0 Å². The molecule has 1 aromatic heterocycles. The number of benzene rings is 2. The molecule has 0 saturated carbocycles. The molecule has 1 amide bonds. The third-order valence-electron chi connectivity index (χ3n) is 4.59. The van der Waals surface area contributed by atoms with Gasteiger partial charge in [-0.15, -0.1) is 10.2 Å². The maximum absolute atomic E-state index is 12.5. The molecule has 1 unspecified atom stereocenters. The van der Waals surface area contributed by atoms with Crippen molar-refractivity contribution in [3.05, 3.63) is 60.2 Å². The molecule has 1 atom stereocenters. The molecule has 1 N–H and O–H groups in total. The summed E-state index contributed by atoms with van der Waals surface area (Å²) in [5.74, 6) is 1.48. The largest absolute Gasteiger partial charge is 0.496 e. The number of methoxy groups -OCH3 is 1. The van der Waals surface area contributed by atoms with Gasteiger partial charge in [-0.1, -0.05) is 54.2 Å². The molecule has 0 radical (unpaired) electrons. The second-order valence-corrected chi connectivity index (χ2v) is 7.85. The lowest BCUT2D eigenvalue weighted by molar-refractivity contribution is -0.120. The zero-order valence-electron chi connectivity index (χ0n) is 17.0. The summed E-state index contributed by atoms with van der Waals surface area (Å²) in [6, 6.07) is 17.9. The van der Waals surface area contributed by atoms with E-state index in [-0.39, 0.29) is 11.2 Å². The molecule has 2 aromatic carbocycles. The van der Waals surface area contributed by atoms with E-state index < -0.39 is 0 Å². The Hall–Kier alpha value is -2.80. The number of nitrogens with one attached hydrogen (secondary N) is 1. The van der Waals surface area contributed by atoms with Gasteiger partial charge in [0.2, 0.25) is 5.91 Å². The molecule has 3 rings (SSSR count). The van der Waals surface area contributed by atoms with Crippen molar-refractivity contribution in [2.24, 2.45) is 0 Å². The van der Waals surface area contributed by atoms with Gasteiger partial charge in [0, 0.05) is 13.1 Å². The number of carbonyl (C=O) groups is 1. The van der Waals surface area contributed by atoms with Gasteiger partial charge < -0.3 is 14.6 Å². The number of amides is 1. The van der Waals surface area contributed by atoms with Gasteiger partial charge in [-0.05, 0) is 38.0 Å². The van der Waals surface area contributed by atoms with Crippen LogP contribution in [0.4, 0.5) is 0 Å². The average Bonchev–Trinajstić information content (AvgIpc) is 3.16. The Morgan fingerprint density at radius 2 is 1.86 bits per heavy atom. The van der Waals surface area contributed by atoms with Crippen LogP contribution in [0.1, 0.15) is 19.4 Å². The van der Waals surface area contributed by atoms with E-state index in [1.54, 1.807) is 7.11 Å². The first kappa shape index (κ1) is 20.9. The lowest BCUT2D eigenvalue weighted by Crippen LogP contribution is -2.32. The fraction of sp³-hybridized carbons (Fsp3) is 0.318. The van der Waals surface area contributed by atoms with Crippen LogP contribution in [0.5, 0.6) is 5.75 Å². The Bertz CT molecular complexity index is 943. The summed E-state index contributed by atoms with van der Waals surface area (Å²) in [5, 5.41) is 12.1. The van der Waals surface area contributed by atoms with Gasteiger partial charge in [0.15, 0.2) is 11.0 Å². The second-order valence-electron chi connectivity index (χ2n) is 6.54. The zero-order valence-corrected chi connectivity index (χ0v) is 17.8. The van der Waals surface area contributed by atoms with E-state index in [0.717, 1.165) is 28.7 Å². The molecule has 29 heavy (non-hydrogen) atoms. The third-order valence-corrected chi connectivity index (χ3v) is 5.67. The molecule has 0 aliphatic heterocycles. The van der Waals surface area contributed by atoms with Crippen molar-refractivity contribution in [3.8, 4) is 17.1 Å². The number of hydrogen-bond donors (Lipinski definition) is 1. The van der Waals surface area contributed by atoms with Crippen LogP contribution < -0.4 is 10.1 Å². The molecular weight excluding hydrogens is 384 g/mol. The predicted octanol–water partition coefficient (Wildman–Crippen LogP) is 3.81. The normalized spacial score (nSPS) is 11.8. The number of carbonyl (C=O) groups excluding carboxylic acids is 1. The van der Waals surface area contributed by atoms with Crippen LogP contribution in [-0.4, -0.2) is 39.6 Å². The standard InChI is InChI=1S/C22H26N4O2S/c1-4-26-20(18-12-8-9-13-19(18)28-3)24-25-22(26)29-16(2)21(27)23-15-14-17-10-6-5-7-11-17/h5-13,16H,4,14-15H2,1-3H3,(H,23,27). The van der Waals surface area contributed by atoms with E-state index in [4.69, 9.17) is 4.74 Å². The summed E-state index contributed by atoms with van der Waals surface area (Å²) in [6.45, 7) is 5.24. The van der Waals surface area contributed by atoms with Crippen LogP contribution >= 0.6 is 11.8 Å². The lowest BCUT2D eigenvalue weighted by Gasteiger charge is -2.13. The minimum Gasteiger partial charge on any atom is -0.496 e. The van der Waals surface area contributed by atoms with Crippen LogP contribution in [0.25, 0.3) is 11.4 Å². The molecule has 6 nitrogen and oxygen atoms in total. The Morgan fingerprint density at radius 3 is 2.59 bits per heavy atom. The number of ether oxygens (including phenoxy) is 1. The fourth-order valence-corrected chi connectivity index (χ4v) is 3.96. The van der Waals surface area contributed by atoms with Crippen LogP contribution in [0, 0.1) is 0 Å². The number of thioether (sulfide) groups is 1. The smallest absolute Gasteiger partial charge is 0.233 e. The molecule has 3 aromatic rings. The van der Waals surface area contributed by atoms with Crippen LogP contribution in [0.15, 0.2) is 59.8 Å². The first-order valence-corrected chi connectivity index (χ1v) is 10.6. The Kier molecular flexibility index (Phi) is 7.30. The Morgan fingerprint density at radius 1 is 1.14 bits per heavy atom. The Balaban J connectivity index is 1.65. The van der Waals surface area contributed by atoms with Gasteiger partial charge in [-0.2, -0.15) is 0 Å². The van der Waals surface area contributed by atoms with Gasteiger partial charge in [0.1, 0.15) is 5.75 Å². The molecule has 0 spiro atoms. The average molecular weight is 411 g/mol. The maximum atomic E-state index is 12.5.